The van der Waals surface area contributed by atoms with Crippen LogP contribution in [0.4, 0.5) is 0 Å². The first kappa shape index (κ1) is 13.6. The second kappa shape index (κ2) is 5.47. The van der Waals surface area contributed by atoms with Crippen molar-refractivity contribution >= 4 is 11.8 Å². The summed E-state index contributed by atoms with van der Waals surface area (Å²) in [4.78, 5) is 24.0. The Bertz CT molecular complexity index is 471. The number of hydrogen-bond donors (Lipinski definition) is 2. The fraction of sp³-hybridized carbons (Fsp3) is 0.571. The predicted molar refractivity (Wildman–Crippen MR) is 70.5 cm³/mol. The van der Waals surface area contributed by atoms with Crippen molar-refractivity contribution in [3.63, 3.8) is 0 Å². The maximum Gasteiger partial charge on any atom is 0.288 e. The first-order valence-corrected chi connectivity index (χ1v) is 6.72. The van der Waals surface area contributed by atoms with Crippen molar-refractivity contribution in [2.45, 2.75) is 51.0 Å². The molecule has 3 N–H and O–H groups in total. The minimum atomic E-state index is -0.924. The first-order valence-electron chi connectivity index (χ1n) is 6.72. The molecule has 1 aliphatic rings. The number of nitrogens with one attached hydrogen (secondary N) is 1. The van der Waals surface area contributed by atoms with E-state index in [1.54, 1.807) is 13.0 Å². The molecule has 1 aromatic rings. The maximum atomic E-state index is 12.2. The van der Waals surface area contributed by atoms with Crippen LogP contribution < -0.4 is 11.1 Å². The first-order chi connectivity index (χ1) is 9.05. The summed E-state index contributed by atoms with van der Waals surface area (Å²) < 4.78 is 5.16. The lowest BCUT2D eigenvalue weighted by atomic mass is 9.89. The molecule has 0 saturated heterocycles. The maximum absolute atomic E-state index is 12.2. The van der Waals surface area contributed by atoms with Crippen LogP contribution in [-0.2, 0) is 4.79 Å². The van der Waals surface area contributed by atoms with E-state index in [9.17, 15) is 9.59 Å². The van der Waals surface area contributed by atoms with Crippen LogP contribution in [0.1, 0.15) is 54.6 Å². The van der Waals surface area contributed by atoms with Crippen LogP contribution in [-0.4, -0.2) is 17.4 Å². The summed E-state index contributed by atoms with van der Waals surface area (Å²) in [6, 6.07) is 1.72. The highest BCUT2D eigenvalue weighted by Gasteiger charge is 2.39. The van der Waals surface area contributed by atoms with Gasteiger partial charge in [0.1, 0.15) is 5.54 Å². The van der Waals surface area contributed by atoms with Crippen molar-refractivity contribution < 1.29 is 14.0 Å². The van der Waals surface area contributed by atoms with Gasteiger partial charge in [0.2, 0.25) is 5.91 Å². The van der Waals surface area contributed by atoms with Crippen molar-refractivity contribution in [2.75, 3.05) is 0 Å². The molecule has 0 spiro atoms. The molecule has 0 aromatic carbocycles. The summed E-state index contributed by atoms with van der Waals surface area (Å²) in [5.74, 6) is -0.556. The Balaban J connectivity index is 2.19. The third-order valence-corrected chi connectivity index (χ3v) is 3.85. The van der Waals surface area contributed by atoms with E-state index < -0.39 is 11.4 Å². The van der Waals surface area contributed by atoms with Crippen LogP contribution in [0.15, 0.2) is 16.7 Å². The van der Waals surface area contributed by atoms with Gasteiger partial charge in [-0.05, 0) is 25.8 Å². The summed E-state index contributed by atoms with van der Waals surface area (Å²) in [5, 5.41) is 2.81. The second-order valence-electron chi connectivity index (χ2n) is 5.25. The predicted octanol–water partition coefficient (Wildman–Crippen LogP) is 1.90. The third-order valence-electron chi connectivity index (χ3n) is 3.85. The molecule has 0 atom stereocenters. The molecular weight excluding hydrogens is 244 g/mol. The number of carbonyl (C=O) groups is 2. The van der Waals surface area contributed by atoms with Crippen LogP contribution in [0, 0.1) is 6.92 Å². The lowest BCUT2D eigenvalue weighted by Gasteiger charge is -2.30. The smallest absolute Gasteiger partial charge is 0.288 e. The Morgan fingerprint density at radius 3 is 2.37 bits per heavy atom. The molecule has 1 saturated carbocycles. The van der Waals surface area contributed by atoms with Gasteiger partial charge in [-0.15, -0.1) is 0 Å². The zero-order chi connectivity index (χ0) is 13.9. The van der Waals surface area contributed by atoms with Gasteiger partial charge < -0.3 is 15.5 Å². The number of carbonyl (C=O) groups excluding carboxylic acids is 2. The fourth-order valence-corrected chi connectivity index (χ4v) is 2.64. The average molecular weight is 264 g/mol. The highest BCUT2D eigenvalue weighted by Crippen LogP contribution is 2.27. The van der Waals surface area contributed by atoms with Gasteiger partial charge in [0.15, 0.2) is 5.76 Å². The molecule has 2 amide bonds. The van der Waals surface area contributed by atoms with E-state index in [0.717, 1.165) is 31.2 Å². The molecule has 0 aliphatic heterocycles. The normalized spacial score (nSPS) is 18.6. The van der Waals surface area contributed by atoms with Gasteiger partial charge in [-0.3, -0.25) is 9.59 Å². The molecule has 19 heavy (non-hydrogen) atoms. The Labute approximate surface area is 112 Å². The molecule has 0 radical (unpaired) electrons. The Hall–Kier alpha value is -1.78. The number of aryl methyl sites for hydroxylation is 1. The number of primary amides is 1. The highest BCUT2D eigenvalue weighted by molar-refractivity contribution is 5.98. The number of amides is 2. The monoisotopic (exact) mass is 264 g/mol. The van der Waals surface area contributed by atoms with Gasteiger partial charge in [0.25, 0.3) is 5.91 Å². The topological polar surface area (TPSA) is 85.3 Å². The molecule has 1 fully saturated rings. The summed E-state index contributed by atoms with van der Waals surface area (Å²) in [5.41, 5.74) is 5.36. The van der Waals surface area contributed by atoms with Gasteiger partial charge in [-0.2, -0.15) is 0 Å². The molecule has 1 aromatic heterocycles. The van der Waals surface area contributed by atoms with Crippen molar-refractivity contribution in [3.05, 3.63) is 23.7 Å². The molecule has 5 nitrogen and oxygen atoms in total. The van der Waals surface area contributed by atoms with Gasteiger partial charge in [0.05, 0.1) is 6.26 Å². The van der Waals surface area contributed by atoms with E-state index in [2.05, 4.69) is 5.32 Å². The van der Waals surface area contributed by atoms with Gasteiger partial charge >= 0.3 is 0 Å². The lowest BCUT2D eigenvalue weighted by molar-refractivity contribution is -0.124. The Morgan fingerprint density at radius 2 is 1.89 bits per heavy atom. The number of furan rings is 1. The van der Waals surface area contributed by atoms with Crippen molar-refractivity contribution in [2.24, 2.45) is 5.73 Å². The molecule has 1 aliphatic carbocycles. The van der Waals surface area contributed by atoms with E-state index in [0.29, 0.717) is 12.8 Å². The van der Waals surface area contributed by atoms with E-state index in [-0.39, 0.29) is 11.7 Å². The highest BCUT2D eigenvalue weighted by atomic mass is 16.3. The zero-order valence-electron chi connectivity index (χ0n) is 11.2. The van der Waals surface area contributed by atoms with Crippen molar-refractivity contribution in [1.82, 2.24) is 5.32 Å². The number of rotatable bonds is 3. The van der Waals surface area contributed by atoms with Crippen LogP contribution in [0.3, 0.4) is 0 Å². The van der Waals surface area contributed by atoms with Crippen LogP contribution in [0.5, 0.6) is 0 Å². The largest absolute Gasteiger partial charge is 0.459 e. The molecule has 2 rings (SSSR count). The van der Waals surface area contributed by atoms with Crippen LogP contribution in [0.25, 0.3) is 0 Å². The van der Waals surface area contributed by atoms with Gasteiger partial charge in [-0.25, -0.2) is 0 Å². The Morgan fingerprint density at radius 1 is 1.26 bits per heavy atom. The molecule has 5 heteroatoms. The second-order valence-corrected chi connectivity index (χ2v) is 5.25. The molecule has 0 unspecified atom stereocenters. The minimum Gasteiger partial charge on any atom is -0.459 e. The fourth-order valence-electron chi connectivity index (χ4n) is 2.64. The minimum absolute atomic E-state index is 0.255. The summed E-state index contributed by atoms with van der Waals surface area (Å²) in [6.07, 6.45) is 6.63. The molecule has 104 valence electrons. The quantitative estimate of drug-likeness (QED) is 0.817. The summed E-state index contributed by atoms with van der Waals surface area (Å²) in [6.45, 7) is 1.79. The number of hydrogen-bond acceptors (Lipinski definition) is 3. The van der Waals surface area contributed by atoms with Gasteiger partial charge in [-0.1, -0.05) is 25.7 Å². The SMILES string of the molecule is Cc1ccoc1C(=O)NC1(C(N)=O)CCCCCC1. The standard InChI is InChI=1S/C14H20N2O3/c1-10-6-9-19-11(10)12(17)16-14(13(15)18)7-4-2-3-5-8-14/h6,9H,2-5,7-8H2,1H3,(H2,15,18)(H,16,17). The molecular formula is C14H20N2O3. The lowest BCUT2D eigenvalue weighted by Crippen LogP contribution is -2.57. The third kappa shape index (κ3) is 2.80. The van der Waals surface area contributed by atoms with Crippen LogP contribution in [0.2, 0.25) is 0 Å². The summed E-state index contributed by atoms with van der Waals surface area (Å²) in [7, 11) is 0. The molecule has 1 heterocycles. The van der Waals surface area contributed by atoms with Crippen molar-refractivity contribution in [1.29, 1.82) is 0 Å². The number of nitrogens with two attached hydrogens (primary N) is 1. The van der Waals surface area contributed by atoms with Crippen LogP contribution >= 0.6 is 0 Å². The average Bonchev–Trinajstić information content (AvgIpc) is 2.64. The molecule has 0 bridgehead atoms. The van der Waals surface area contributed by atoms with E-state index in [4.69, 9.17) is 10.2 Å². The Kier molecular flexibility index (Phi) is 3.93. The van der Waals surface area contributed by atoms with E-state index in [1.165, 1.54) is 6.26 Å². The van der Waals surface area contributed by atoms with Crippen molar-refractivity contribution in [3.8, 4) is 0 Å². The zero-order valence-corrected chi connectivity index (χ0v) is 11.2. The van der Waals surface area contributed by atoms with Gasteiger partial charge in [0, 0.05) is 5.56 Å². The van der Waals surface area contributed by atoms with E-state index in [1.807, 2.05) is 0 Å². The van der Waals surface area contributed by atoms with E-state index >= 15 is 0 Å². The summed E-state index contributed by atoms with van der Waals surface area (Å²) >= 11 is 0.